The largest absolute Gasteiger partial charge is 0.480 e. The number of aromatic nitrogens is 4. The number of H-pyrrole nitrogens is 2. The molecule has 4 heterocycles. The fourth-order valence-electron chi connectivity index (χ4n) is 8.31. The molecule has 15 heteroatoms. The predicted molar refractivity (Wildman–Crippen MR) is 209 cm³/mol. The first-order valence-electron chi connectivity index (χ1n) is 19.6. The topological polar surface area (TPSA) is 201 Å². The van der Waals surface area contributed by atoms with Crippen LogP contribution < -0.4 is 10.6 Å². The molecule has 3 aliphatic rings. The number of nitrogens with zero attached hydrogens (tertiary/aromatic N) is 3. The SMILES string of the molecule is COC(=O)N[C@H](C(=O)N1CCC[C@H]1c1ncc(-c2ccc(-c3ccc(-c4cnc([C@H]5CC6(C[C@@H]5C(=O)N[C@H](C(=O)O)C(C)C)OCCO6)[nH]4)cc3)cc2)[nH]1)C(C)C. The van der Waals surface area contributed by atoms with Crippen molar-refractivity contribution >= 4 is 23.9 Å². The third-order valence-corrected chi connectivity index (χ3v) is 11.4. The summed E-state index contributed by atoms with van der Waals surface area (Å²) in [6.45, 7) is 8.78. The molecule has 2 aromatic carbocycles. The number of hydrogen-bond acceptors (Lipinski definition) is 9. The van der Waals surface area contributed by atoms with Crippen LogP contribution in [0.5, 0.6) is 0 Å². The van der Waals surface area contributed by atoms with Gasteiger partial charge in [0.05, 0.1) is 56.1 Å². The van der Waals surface area contributed by atoms with E-state index in [1.807, 2.05) is 50.2 Å². The number of nitrogens with one attached hydrogen (secondary N) is 4. The minimum Gasteiger partial charge on any atom is -0.480 e. The second-order valence-electron chi connectivity index (χ2n) is 15.9. The second kappa shape index (κ2) is 16.5. The average molecular weight is 782 g/mol. The summed E-state index contributed by atoms with van der Waals surface area (Å²) in [5.41, 5.74) is 5.58. The Morgan fingerprint density at radius 2 is 1.35 bits per heavy atom. The third kappa shape index (κ3) is 8.30. The van der Waals surface area contributed by atoms with Crippen molar-refractivity contribution in [1.82, 2.24) is 35.5 Å². The fourth-order valence-corrected chi connectivity index (χ4v) is 8.31. The number of carboxylic acids is 1. The standard InChI is InChI=1S/C42H51N7O8/c1-23(2)34(48-41(54)55-5)39(51)49-16-6-7-33(49)37-44-22-32(46-37)28-14-10-26(11-15-28)25-8-12-27(13-9-25)31-21-43-36(45-31)29-19-42(56-17-18-57-42)20-30(29)38(50)47-35(24(3)4)40(52)53/h8-15,21-24,29-30,33-35H,6-7,16-20H2,1-5H3,(H,43,45)(H,44,46)(H,47,50)(H,48,54)(H,52,53)/t29-,30-,33-,34-,35-/m0/s1. The van der Waals surface area contributed by atoms with Crippen LogP contribution in [0.2, 0.25) is 0 Å². The number of hydrogen-bond donors (Lipinski definition) is 5. The summed E-state index contributed by atoms with van der Waals surface area (Å²) in [6.07, 6.45) is 5.27. The number of rotatable bonds is 12. The van der Waals surface area contributed by atoms with Crippen LogP contribution in [0.15, 0.2) is 60.9 Å². The number of likely N-dealkylation sites (tertiary alicyclic amines) is 1. The normalized spacial score (nSPS) is 21.2. The van der Waals surface area contributed by atoms with Crippen molar-refractivity contribution in [3.8, 4) is 33.6 Å². The number of carbonyl (C=O) groups excluding carboxylic acids is 3. The zero-order valence-electron chi connectivity index (χ0n) is 32.9. The van der Waals surface area contributed by atoms with Crippen molar-refractivity contribution < 1.29 is 38.5 Å². The van der Waals surface area contributed by atoms with Crippen LogP contribution in [0.1, 0.15) is 77.0 Å². The van der Waals surface area contributed by atoms with Gasteiger partial charge in [0.15, 0.2) is 5.79 Å². The molecule has 0 radical (unpaired) electrons. The quantitative estimate of drug-likeness (QED) is 0.120. The van der Waals surface area contributed by atoms with Crippen LogP contribution in [0.3, 0.4) is 0 Å². The van der Waals surface area contributed by atoms with Crippen molar-refractivity contribution in [2.45, 2.75) is 83.2 Å². The van der Waals surface area contributed by atoms with Gasteiger partial charge in [-0.3, -0.25) is 9.59 Å². The van der Waals surface area contributed by atoms with E-state index in [1.165, 1.54) is 7.11 Å². The maximum atomic E-state index is 13.5. The van der Waals surface area contributed by atoms with E-state index in [-0.39, 0.29) is 35.6 Å². The van der Waals surface area contributed by atoms with Crippen molar-refractivity contribution in [2.24, 2.45) is 17.8 Å². The van der Waals surface area contributed by atoms with E-state index in [0.717, 1.165) is 46.5 Å². The molecule has 2 saturated heterocycles. The number of amides is 3. The van der Waals surface area contributed by atoms with Gasteiger partial charge >= 0.3 is 12.1 Å². The summed E-state index contributed by atoms with van der Waals surface area (Å²) in [4.78, 5) is 68.9. The molecule has 302 valence electrons. The van der Waals surface area contributed by atoms with Gasteiger partial charge in [0, 0.05) is 25.3 Å². The highest BCUT2D eigenvalue weighted by atomic mass is 16.7. The molecule has 4 aromatic rings. The van der Waals surface area contributed by atoms with Gasteiger partial charge < -0.3 is 44.8 Å². The van der Waals surface area contributed by atoms with Gasteiger partial charge in [-0.2, -0.15) is 0 Å². The highest BCUT2D eigenvalue weighted by molar-refractivity contribution is 5.87. The first-order chi connectivity index (χ1) is 27.4. The lowest BCUT2D eigenvalue weighted by atomic mass is 9.93. The van der Waals surface area contributed by atoms with E-state index in [0.29, 0.717) is 44.2 Å². The van der Waals surface area contributed by atoms with Crippen LogP contribution in [-0.4, -0.2) is 98.6 Å². The van der Waals surface area contributed by atoms with E-state index in [4.69, 9.17) is 14.2 Å². The number of aliphatic carboxylic acids is 1. The molecule has 7 rings (SSSR count). The number of ether oxygens (including phenoxy) is 3. The molecule has 3 amide bonds. The molecule has 5 atom stereocenters. The van der Waals surface area contributed by atoms with E-state index < -0.39 is 35.9 Å². The van der Waals surface area contributed by atoms with Crippen LogP contribution in [0.4, 0.5) is 4.79 Å². The summed E-state index contributed by atoms with van der Waals surface area (Å²) in [5.74, 6) is -2.46. The summed E-state index contributed by atoms with van der Waals surface area (Å²) in [7, 11) is 1.28. The average Bonchev–Trinajstić information content (AvgIpc) is 4.06. The Kier molecular flexibility index (Phi) is 11.5. The van der Waals surface area contributed by atoms with Gasteiger partial charge in [-0.15, -0.1) is 0 Å². The molecule has 5 N–H and O–H groups in total. The fraction of sp³-hybridized carbons (Fsp3) is 0.476. The zero-order valence-corrected chi connectivity index (χ0v) is 32.9. The highest BCUT2D eigenvalue weighted by Gasteiger charge is 2.53. The van der Waals surface area contributed by atoms with Gasteiger partial charge in [0.25, 0.3) is 0 Å². The summed E-state index contributed by atoms with van der Waals surface area (Å²) in [6, 6.07) is 14.4. The number of carbonyl (C=O) groups is 4. The van der Waals surface area contributed by atoms with Crippen LogP contribution in [0.25, 0.3) is 33.6 Å². The molecule has 1 spiro atoms. The Labute approximate surface area is 331 Å². The minimum atomic E-state index is -1.07. The molecule has 3 fully saturated rings. The van der Waals surface area contributed by atoms with E-state index in [2.05, 4.69) is 42.7 Å². The lowest BCUT2D eigenvalue weighted by Gasteiger charge is -2.30. The Hall–Kier alpha value is -5.54. The summed E-state index contributed by atoms with van der Waals surface area (Å²) < 4.78 is 16.7. The van der Waals surface area contributed by atoms with E-state index in [1.54, 1.807) is 31.1 Å². The zero-order chi connectivity index (χ0) is 40.4. The number of carboxylic acid groups (broad SMARTS) is 1. The van der Waals surface area contributed by atoms with Gasteiger partial charge in [-0.05, 0) is 46.9 Å². The number of alkyl carbamates (subject to hydrolysis) is 1. The van der Waals surface area contributed by atoms with Crippen LogP contribution in [-0.2, 0) is 28.6 Å². The van der Waals surface area contributed by atoms with Gasteiger partial charge in [-0.1, -0.05) is 76.2 Å². The molecule has 1 saturated carbocycles. The van der Waals surface area contributed by atoms with Gasteiger partial charge in [0.1, 0.15) is 23.7 Å². The molecule has 0 unspecified atom stereocenters. The second-order valence-corrected chi connectivity index (χ2v) is 15.9. The smallest absolute Gasteiger partial charge is 0.407 e. The lowest BCUT2D eigenvalue weighted by Crippen LogP contribution is -2.51. The van der Waals surface area contributed by atoms with Gasteiger partial charge in [0.2, 0.25) is 11.8 Å². The van der Waals surface area contributed by atoms with Gasteiger partial charge in [-0.25, -0.2) is 19.6 Å². The molecule has 2 aromatic heterocycles. The first-order valence-corrected chi connectivity index (χ1v) is 19.6. The van der Waals surface area contributed by atoms with E-state index >= 15 is 0 Å². The Balaban J connectivity index is 1.02. The Morgan fingerprint density at radius 3 is 1.89 bits per heavy atom. The molecular formula is C42H51N7O8. The summed E-state index contributed by atoms with van der Waals surface area (Å²) in [5, 5.41) is 15.1. The molecule has 2 aliphatic heterocycles. The van der Waals surface area contributed by atoms with Crippen LogP contribution in [0, 0.1) is 17.8 Å². The first kappa shape index (κ1) is 39.7. The van der Waals surface area contributed by atoms with E-state index in [9.17, 15) is 24.3 Å². The van der Waals surface area contributed by atoms with Crippen molar-refractivity contribution in [3.05, 3.63) is 72.6 Å². The molecule has 15 nitrogen and oxygen atoms in total. The Morgan fingerprint density at radius 1 is 0.807 bits per heavy atom. The maximum Gasteiger partial charge on any atom is 0.407 e. The predicted octanol–water partition coefficient (Wildman–Crippen LogP) is 5.64. The van der Waals surface area contributed by atoms with Crippen molar-refractivity contribution in [1.29, 1.82) is 0 Å². The molecule has 1 aliphatic carbocycles. The Bertz CT molecular complexity index is 2070. The third-order valence-electron chi connectivity index (χ3n) is 11.4. The minimum absolute atomic E-state index is 0.114. The number of aromatic amines is 2. The summed E-state index contributed by atoms with van der Waals surface area (Å²) >= 11 is 0. The molecule has 0 bridgehead atoms. The molecular weight excluding hydrogens is 731 g/mol. The van der Waals surface area contributed by atoms with Crippen molar-refractivity contribution in [3.63, 3.8) is 0 Å². The number of imidazole rings is 2. The van der Waals surface area contributed by atoms with Crippen LogP contribution >= 0.6 is 0 Å². The van der Waals surface area contributed by atoms with Crippen molar-refractivity contribution in [2.75, 3.05) is 26.9 Å². The lowest BCUT2D eigenvalue weighted by molar-refractivity contribution is -0.156. The molecule has 57 heavy (non-hydrogen) atoms. The maximum absolute atomic E-state index is 13.5. The highest BCUT2D eigenvalue weighted by Crippen LogP contribution is 2.49. The number of methoxy groups -OCH3 is 1. The monoisotopic (exact) mass is 781 g/mol. The number of benzene rings is 2.